The summed E-state index contributed by atoms with van der Waals surface area (Å²) >= 11 is 0. The number of carbonyl (C=O) groups is 1. The van der Waals surface area contributed by atoms with Gasteiger partial charge in [-0.05, 0) is 51.0 Å². The Bertz CT molecular complexity index is 1160. The van der Waals surface area contributed by atoms with E-state index in [1.165, 1.54) is 0 Å². The van der Waals surface area contributed by atoms with E-state index in [1.807, 2.05) is 38.1 Å². The van der Waals surface area contributed by atoms with Crippen molar-refractivity contribution in [1.29, 1.82) is 0 Å². The lowest BCUT2D eigenvalue weighted by Gasteiger charge is -2.22. The van der Waals surface area contributed by atoms with Crippen LogP contribution >= 0.6 is 0 Å². The Morgan fingerprint density at radius 1 is 0.968 bits per heavy atom. The van der Waals surface area contributed by atoms with Gasteiger partial charge in [0, 0.05) is 26.2 Å². The molecule has 3 aromatic rings. The molecule has 1 saturated heterocycles. The number of nitrogens with one attached hydrogen (secondary N) is 2. The van der Waals surface area contributed by atoms with Gasteiger partial charge in [-0.25, -0.2) is 9.59 Å². The highest BCUT2D eigenvalue weighted by atomic mass is 16.5. The summed E-state index contributed by atoms with van der Waals surface area (Å²) in [7, 11) is 1.57. The Morgan fingerprint density at radius 3 is 2.23 bits per heavy atom. The number of anilines is 3. The number of rotatable bonds is 6. The Kier molecular flexibility index (Phi) is 5.88. The van der Waals surface area contributed by atoms with Crippen molar-refractivity contribution >= 4 is 34.1 Å². The molecule has 0 aliphatic carbocycles. The van der Waals surface area contributed by atoms with Gasteiger partial charge >= 0.3 is 11.7 Å². The third kappa shape index (κ3) is 3.85. The van der Waals surface area contributed by atoms with Crippen molar-refractivity contribution < 1.29 is 9.53 Å². The first-order chi connectivity index (χ1) is 15.1. The average molecular weight is 424 g/mol. The monoisotopic (exact) mass is 423 g/mol. The largest absolute Gasteiger partial charge is 0.495 e. The van der Waals surface area contributed by atoms with E-state index in [1.54, 1.807) is 28.4 Å². The van der Waals surface area contributed by atoms with Gasteiger partial charge in [-0.1, -0.05) is 12.1 Å². The van der Waals surface area contributed by atoms with Crippen molar-refractivity contribution in [2.75, 3.05) is 35.7 Å². The quantitative estimate of drug-likeness (QED) is 0.626. The predicted octanol–water partition coefficient (Wildman–Crippen LogP) is 4.10. The van der Waals surface area contributed by atoms with E-state index in [0.29, 0.717) is 30.2 Å². The second-order valence-electron chi connectivity index (χ2n) is 7.60. The fraction of sp³-hybridized carbons (Fsp3) is 0.391. The number of aryl methyl sites for hydroxylation is 2. The zero-order valence-electron chi connectivity index (χ0n) is 18.3. The van der Waals surface area contributed by atoms with Crippen LogP contribution in [0.4, 0.5) is 21.9 Å². The molecule has 8 heteroatoms. The summed E-state index contributed by atoms with van der Waals surface area (Å²) in [6.45, 7) is 6.96. The first kappa shape index (κ1) is 20.8. The van der Waals surface area contributed by atoms with Gasteiger partial charge in [0.2, 0.25) is 0 Å². The highest BCUT2D eigenvalue weighted by molar-refractivity contribution is 6.04. The molecule has 0 radical (unpaired) electrons. The smallest absolute Gasteiger partial charge is 0.329 e. The fourth-order valence-electron chi connectivity index (χ4n) is 4.30. The van der Waals surface area contributed by atoms with Gasteiger partial charge in [-0.3, -0.25) is 9.13 Å². The molecule has 0 saturated carbocycles. The van der Waals surface area contributed by atoms with Crippen molar-refractivity contribution in [3.8, 4) is 5.75 Å². The first-order valence-electron chi connectivity index (χ1n) is 10.8. The molecule has 1 aliphatic heterocycles. The summed E-state index contributed by atoms with van der Waals surface area (Å²) in [6.07, 6.45) is 2.23. The standard InChI is InChI=1S/C23H29N5O3/c1-4-27-19-14-17(25-22(29)24-16-10-6-7-11-21(16)31-3)18(26-12-8-9-13-26)15-20(19)28(5-2)23(27)30/h6-7,10-11,14-15H,4-5,8-9,12-13H2,1-3H3,(H2,24,25,29). The number of ether oxygens (including phenoxy) is 1. The van der Waals surface area contributed by atoms with Crippen molar-refractivity contribution in [1.82, 2.24) is 9.13 Å². The molecule has 1 aromatic heterocycles. The summed E-state index contributed by atoms with van der Waals surface area (Å²) in [4.78, 5) is 28.0. The molecule has 0 spiro atoms. The maximum Gasteiger partial charge on any atom is 0.329 e. The minimum Gasteiger partial charge on any atom is -0.495 e. The number of nitrogens with zero attached hydrogens (tertiary/aromatic N) is 3. The van der Waals surface area contributed by atoms with E-state index in [0.717, 1.165) is 42.7 Å². The Morgan fingerprint density at radius 2 is 1.58 bits per heavy atom. The number of para-hydroxylation sites is 2. The summed E-state index contributed by atoms with van der Waals surface area (Å²) in [6, 6.07) is 10.9. The number of amides is 2. The van der Waals surface area contributed by atoms with Gasteiger partial charge in [-0.15, -0.1) is 0 Å². The number of fused-ring (bicyclic) bond motifs is 1. The molecular weight excluding hydrogens is 394 g/mol. The molecule has 164 valence electrons. The Balaban J connectivity index is 1.75. The molecule has 31 heavy (non-hydrogen) atoms. The lowest BCUT2D eigenvalue weighted by atomic mass is 10.2. The highest BCUT2D eigenvalue weighted by Crippen LogP contribution is 2.34. The molecule has 2 N–H and O–H groups in total. The SMILES string of the molecule is CCn1c(=O)n(CC)c2cc(N3CCCC3)c(NC(=O)Nc3ccccc3OC)cc21. The maximum atomic E-state index is 12.9. The normalized spacial score (nSPS) is 13.6. The molecule has 1 fully saturated rings. The number of methoxy groups -OCH3 is 1. The van der Waals surface area contributed by atoms with Gasteiger partial charge in [0.1, 0.15) is 5.75 Å². The van der Waals surface area contributed by atoms with Crippen molar-refractivity contribution in [3.05, 3.63) is 46.9 Å². The minimum atomic E-state index is -0.357. The van der Waals surface area contributed by atoms with E-state index in [9.17, 15) is 9.59 Å². The molecule has 2 amide bonds. The zero-order chi connectivity index (χ0) is 22.0. The molecule has 4 rings (SSSR count). The van der Waals surface area contributed by atoms with Crippen LogP contribution in [0.1, 0.15) is 26.7 Å². The molecule has 0 bridgehead atoms. The van der Waals surface area contributed by atoms with Gasteiger partial charge in [0.25, 0.3) is 0 Å². The molecule has 8 nitrogen and oxygen atoms in total. The minimum absolute atomic E-state index is 0.0250. The Hall–Kier alpha value is -3.42. The van der Waals surface area contributed by atoms with E-state index in [4.69, 9.17) is 4.74 Å². The van der Waals surface area contributed by atoms with Crippen LogP contribution in [0.15, 0.2) is 41.2 Å². The molecular formula is C23H29N5O3. The zero-order valence-corrected chi connectivity index (χ0v) is 18.3. The summed E-state index contributed by atoms with van der Waals surface area (Å²) < 4.78 is 8.86. The van der Waals surface area contributed by atoms with E-state index in [-0.39, 0.29) is 11.7 Å². The molecule has 2 aromatic carbocycles. The van der Waals surface area contributed by atoms with Crippen LogP contribution in [0.25, 0.3) is 11.0 Å². The number of urea groups is 1. The van der Waals surface area contributed by atoms with E-state index >= 15 is 0 Å². The van der Waals surface area contributed by atoms with Crippen LogP contribution in [0, 0.1) is 0 Å². The van der Waals surface area contributed by atoms with Crippen LogP contribution in [0.5, 0.6) is 5.75 Å². The summed E-state index contributed by atoms with van der Waals surface area (Å²) in [5.41, 5.74) is 3.92. The van der Waals surface area contributed by atoms with Crippen molar-refractivity contribution in [3.63, 3.8) is 0 Å². The first-order valence-corrected chi connectivity index (χ1v) is 10.8. The van der Waals surface area contributed by atoms with Gasteiger partial charge < -0.3 is 20.3 Å². The second kappa shape index (κ2) is 8.75. The average Bonchev–Trinajstić information content (AvgIpc) is 3.39. The maximum absolute atomic E-state index is 12.9. The number of hydrogen-bond donors (Lipinski definition) is 2. The summed E-state index contributed by atoms with van der Waals surface area (Å²) in [5.74, 6) is 0.590. The molecule has 2 heterocycles. The number of aromatic nitrogens is 2. The lowest BCUT2D eigenvalue weighted by Crippen LogP contribution is -2.24. The fourth-order valence-corrected chi connectivity index (χ4v) is 4.30. The topological polar surface area (TPSA) is 80.5 Å². The highest BCUT2D eigenvalue weighted by Gasteiger charge is 2.21. The number of benzene rings is 2. The van der Waals surface area contributed by atoms with E-state index < -0.39 is 0 Å². The number of imidazole rings is 1. The third-order valence-corrected chi connectivity index (χ3v) is 5.82. The number of carbonyl (C=O) groups excluding carboxylic acids is 1. The van der Waals surface area contributed by atoms with Crippen LogP contribution < -0.4 is 26.0 Å². The Labute approximate surface area is 181 Å². The lowest BCUT2D eigenvalue weighted by molar-refractivity contribution is 0.262. The van der Waals surface area contributed by atoms with Gasteiger partial charge in [0.15, 0.2) is 0 Å². The van der Waals surface area contributed by atoms with Gasteiger partial charge in [0.05, 0.1) is 35.2 Å². The van der Waals surface area contributed by atoms with Crippen LogP contribution in [-0.4, -0.2) is 35.4 Å². The summed E-state index contributed by atoms with van der Waals surface area (Å²) in [5, 5.41) is 5.87. The van der Waals surface area contributed by atoms with Crippen LogP contribution in [0.2, 0.25) is 0 Å². The predicted molar refractivity (Wildman–Crippen MR) is 125 cm³/mol. The number of hydrogen-bond acceptors (Lipinski definition) is 4. The third-order valence-electron chi connectivity index (χ3n) is 5.82. The van der Waals surface area contributed by atoms with Crippen LogP contribution in [0.3, 0.4) is 0 Å². The van der Waals surface area contributed by atoms with E-state index in [2.05, 4.69) is 15.5 Å². The molecule has 0 atom stereocenters. The van der Waals surface area contributed by atoms with Crippen molar-refractivity contribution in [2.45, 2.75) is 39.8 Å². The van der Waals surface area contributed by atoms with Crippen LogP contribution in [-0.2, 0) is 13.1 Å². The molecule has 0 unspecified atom stereocenters. The van der Waals surface area contributed by atoms with Gasteiger partial charge in [-0.2, -0.15) is 0 Å². The molecule has 1 aliphatic rings. The second-order valence-corrected chi connectivity index (χ2v) is 7.60. The van der Waals surface area contributed by atoms with Crippen molar-refractivity contribution in [2.24, 2.45) is 0 Å².